The van der Waals surface area contributed by atoms with Crippen LogP contribution in [0.15, 0.2) is 52.3 Å². The minimum atomic E-state index is -4.44. The summed E-state index contributed by atoms with van der Waals surface area (Å²) in [4.78, 5) is 19.7. The van der Waals surface area contributed by atoms with Crippen LogP contribution in [0.4, 0.5) is 24.5 Å². The summed E-state index contributed by atoms with van der Waals surface area (Å²) < 4.78 is 45.7. The summed E-state index contributed by atoms with van der Waals surface area (Å²) in [6.45, 7) is 13.0. The van der Waals surface area contributed by atoms with Gasteiger partial charge in [-0.25, -0.2) is 0 Å². The van der Waals surface area contributed by atoms with Crippen molar-refractivity contribution >= 4 is 40.7 Å². The highest BCUT2D eigenvalue weighted by Gasteiger charge is 2.34. The molecule has 0 amide bonds. The van der Waals surface area contributed by atoms with Crippen LogP contribution in [-0.4, -0.2) is 84.8 Å². The number of aliphatic hydroxyl groups is 1. The average molecular weight is 604 g/mol. The summed E-state index contributed by atoms with van der Waals surface area (Å²) in [5, 5.41) is 11.0. The van der Waals surface area contributed by atoms with Gasteiger partial charge >= 0.3 is 12.1 Å². The van der Waals surface area contributed by atoms with E-state index in [1.54, 1.807) is 4.90 Å². The number of ether oxygens (including phenoxy) is 1. The van der Waals surface area contributed by atoms with Crippen LogP contribution in [-0.2, 0) is 15.7 Å². The second-order valence-electron chi connectivity index (χ2n) is 10.2. The lowest BCUT2D eigenvalue weighted by Gasteiger charge is -2.38. The molecule has 40 heavy (non-hydrogen) atoms. The Morgan fingerprint density at radius 2 is 1.52 bits per heavy atom. The van der Waals surface area contributed by atoms with E-state index in [1.165, 1.54) is 30.3 Å². The van der Waals surface area contributed by atoms with E-state index < -0.39 is 23.4 Å². The van der Waals surface area contributed by atoms with Crippen LogP contribution in [0, 0.1) is 0 Å². The smallest absolute Gasteiger partial charge is 0.416 e. The molecule has 224 valence electrons. The van der Waals surface area contributed by atoms with Crippen molar-refractivity contribution in [1.82, 2.24) is 9.80 Å². The number of esters is 1. The fraction of sp³-hybridized carbons (Fsp3) is 0.552. The predicted octanol–water partition coefficient (Wildman–Crippen LogP) is 6.51. The first-order chi connectivity index (χ1) is 18.9. The molecule has 0 radical (unpaired) electrons. The van der Waals surface area contributed by atoms with Crippen molar-refractivity contribution < 1.29 is 27.8 Å². The molecule has 1 N–H and O–H groups in total. The van der Waals surface area contributed by atoms with Gasteiger partial charge in [0.2, 0.25) is 0 Å². The van der Waals surface area contributed by atoms with Crippen LogP contribution in [0.1, 0.15) is 40.2 Å². The molecule has 1 fully saturated rings. The summed E-state index contributed by atoms with van der Waals surface area (Å²) in [5.74, 6) is -0.255. The molecule has 0 bridgehead atoms. The quantitative estimate of drug-likeness (QED) is 0.298. The lowest BCUT2D eigenvalue weighted by atomic mass is 10.1. The molecule has 1 unspecified atom stereocenters. The number of nitrogens with zero attached hydrogens (tertiary/aromatic N) is 3. The zero-order chi connectivity index (χ0) is 30.1. The molecule has 1 saturated heterocycles. The van der Waals surface area contributed by atoms with E-state index in [1.807, 2.05) is 63.8 Å². The van der Waals surface area contributed by atoms with Crippen molar-refractivity contribution in [1.29, 1.82) is 0 Å². The molecule has 0 aliphatic carbocycles. The highest BCUT2D eigenvalue weighted by Crippen LogP contribution is 2.49. The van der Waals surface area contributed by atoms with Crippen LogP contribution >= 0.6 is 23.4 Å². The van der Waals surface area contributed by atoms with Gasteiger partial charge in [0.15, 0.2) is 0 Å². The third kappa shape index (κ3) is 9.83. The summed E-state index contributed by atoms with van der Waals surface area (Å²) in [7, 11) is 0. The topological polar surface area (TPSA) is 56.3 Å². The van der Waals surface area contributed by atoms with Crippen LogP contribution < -0.4 is 4.90 Å². The van der Waals surface area contributed by atoms with E-state index >= 15 is 0 Å². The molecule has 2 aliphatic rings. The molecular weight excluding hydrogens is 563 g/mol. The van der Waals surface area contributed by atoms with Gasteiger partial charge in [-0.05, 0) is 51.1 Å². The number of rotatable bonds is 6. The van der Waals surface area contributed by atoms with E-state index in [0.29, 0.717) is 38.4 Å². The number of anilines is 2. The van der Waals surface area contributed by atoms with Crippen molar-refractivity contribution in [2.45, 2.75) is 62.3 Å². The Morgan fingerprint density at radius 3 is 2.12 bits per heavy atom. The molecule has 2 aromatic carbocycles. The van der Waals surface area contributed by atoms with Crippen molar-refractivity contribution in [2.75, 3.05) is 57.1 Å². The van der Waals surface area contributed by atoms with Gasteiger partial charge in [0.25, 0.3) is 0 Å². The van der Waals surface area contributed by atoms with Gasteiger partial charge in [0, 0.05) is 48.9 Å². The number of piperazine rings is 1. The number of benzene rings is 2. The van der Waals surface area contributed by atoms with Crippen LogP contribution in [0.2, 0.25) is 0 Å². The Hall–Kier alpha value is -1.98. The molecule has 2 aromatic rings. The maximum absolute atomic E-state index is 13.4. The lowest BCUT2D eigenvalue weighted by molar-refractivity contribution is -0.156. The van der Waals surface area contributed by atoms with Gasteiger partial charge in [0.1, 0.15) is 5.60 Å². The number of β-amino-alcohol motifs (C(OH)–C–C–N with tert-alkyl or cyclic N) is 1. The number of hydrogen-bond donors (Lipinski definition) is 1. The first kappa shape index (κ1) is 34.2. The standard InChI is InChI=1S/C26H32F3N3O3S.C2H6.CH3Cl/c1-25(2,3)35-24(34)17-31-12-10-30(11-13-31)15-19(33)16-32-20-6-4-5-7-22(20)36-23-9-8-18(14-21(23)32)26(27,28)29;2*1-2/h4-9,14,19,33H,10-13,15-17H2,1-3H3;1-2H3;1H3. The average Bonchev–Trinajstić information content (AvgIpc) is 2.90. The van der Waals surface area contributed by atoms with Crippen molar-refractivity contribution in [3.63, 3.8) is 0 Å². The van der Waals surface area contributed by atoms with Crippen LogP contribution in [0.25, 0.3) is 0 Å². The SMILES string of the molecule is CC.CC(C)(C)OC(=O)CN1CCN(CC(O)CN2c3ccccc3Sc3ccc(C(F)(F)F)cc32)CC1.CCl. The van der Waals surface area contributed by atoms with E-state index in [9.17, 15) is 23.1 Å². The number of aliphatic hydroxyl groups excluding tert-OH is 1. The molecule has 4 rings (SSSR count). The maximum Gasteiger partial charge on any atom is 0.416 e. The zero-order valence-electron chi connectivity index (χ0n) is 24.1. The van der Waals surface area contributed by atoms with Gasteiger partial charge in [0.05, 0.1) is 36.1 Å². The summed E-state index contributed by atoms with van der Waals surface area (Å²) in [6.07, 6.45) is -3.75. The number of carbonyl (C=O) groups excluding carboxylic acids is 1. The van der Waals surface area contributed by atoms with E-state index in [4.69, 9.17) is 4.74 Å². The minimum absolute atomic E-state index is 0.171. The van der Waals surface area contributed by atoms with Crippen LogP contribution in [0.3, 0.4) is 0 Å². The van der Waals surface area contributed by atoms with Gasteiger partial charge in [-0.2, -0.15) is 13.2 Å². The Labute approximate surface area is 245 Å². The molecule has 2 aliphatic heterocycles. The third-order valence-corrected chi connectivity index (χ3v) is 7.18. The predicted molar refractivity (Wildman–Crippen MR) is 157 cm³/mol. The Balaban J connectivity index is 0.00000134. The highest BCUT2D eigenvalue weighted by atomic mass is 35.5. The second-order valence-corrected chi connectivity index (χ2v) is 11.3. The fourth-order valence-electron chi connectivity index (χ4n) is 4.46. The van der Waals surface area contributed by atoms with Gasteiger partial charge in [-0.1, -0.05) is 37.7 Å². The highest BCUT2D eigenvalue weighted by molar-refractivity contribution is 7.99. The first-order valence-electron chi connectivity index (χ1n) is 13.4. The number of fused-ring (bicyclic) bond motifs is 2. The summed E-state index contributed by atoms with van der Waals surface area (Å²) in [5.41, 5.74) is 0.0146. The number of hydrogen-bond acceptors (Lipinski definition) is 7. The largest absolute Gasteiger partial charge is 0.459 e. The molecular formula is C29H41ClF3N3O3S. The number of alkyl halides is 4. The van der Waals surface area contributed by atoms with Crippen molar-refractivity contribution in [2.24, 2.45) is 0 Å². The van der Waals surface area contributed by atoms with Crippen molar-refractivity contribution in [3.8, 4) is 0 Å². The second kappa shape index (κ2) is 15.3. The molecule has 0 saturated carbocycles. The molecule has 11 heteroatoms. The monoisotopic (exact) mass is 603 g/mol. The molecule has 1 atom stereocenters. The molecule has 0 spiro atoms. The van der Waals surface area contributed by atoms with Crippen molar-refractivity contribution in [3.05, 3.63) is 48.0 Å². The van der Waals surface area contributed by atoms with Gasteiger partial charge in [-0.15, -0.1) is 11.6 Å². The summed E-state index contributed by atoms with van der Waals surface area (Å²) >= 11 is 6.07. The first-order valence-corrected chi connectivity index (χ1v) is 14.9. The van der Waals surface area contributed by atoms with Gasteiger partial charge < -0.3 is 14.7 Å². The summed E-state index contributed by atoms with van der Waals surface area (Å²) in [6, 6.07) is 11.3. The zero-order valence-corrected chi connectivity index (χ0v) is 25.7. The minimum Gasteiger partial charge on any atom is -0.459 e. The number of carbonyl (C=O) groups is 1. The Bertz CT molecular complexity index is 1090. The fourth-order valence-corrected chi connectivity index (χ4v) is 5.53. The third-order valence-electron chi connectivity index (χ3n) is 6.05. The lowest BCUT2D eigenvalue weighted by Crippen LogP contribution is -2.51. The van der Waals surface area contributed by atoms with E-state index in [-0.39, 0.29) is 19.1 Å². The maximum atomic E-state index is 13.4. The molecule has 0 aromatic heterocycles. The van der Waals surface area contributed by atoms with E-state index in [0.717, 1.165) is 21.5 Å². The number of halogens is 4. The Kier molecular flexibility index (Phi) is 13.1. The Morgan fingerprint density at radius 1 is 0.950 bits per heavy atom. The van der Waals surface area contributed by atoms with Gasteiger partial charge in [-0.3, -0.25) is 14.6 Å². The van der Waals surface area contributed by atoms with E-state index in [2.05, 4.69) is 16.5 Å². The normalized spacial score (nSPS) is 16.4. The molecule has 2 heterocycles. The van der Waals surface area contributed by atoms with Crippen LogP contribution in [0.5, 0.6) is 0 Å². The molecule has 6 nitrogen and oxygen atoms in total. The number of para-hydroxylation sites is 1.